The van der Waals surface area contributed by atoms with Crippen molar-refractivity contribution in [1.82, 2.24) is 4.90 Å². The summed E-state index contributed by atoms with van der Waals surface area (Å²) in [4.78, 5) is 15.6. The largest absolute Gasteiger partial charge is 0.388 e. The molecule has 1 unspecified atom stereocenters. The first kappa shape index (κ1) is 14.9. The number of nitrogens with zero attached hydrogens (tertiary/aromatic N) is 2. The van der Waals surface area contributed by atoms with Crippen LogP contribution in [0.3, 0.4) is 0 Å². The quantitative estimate of drug-likeness (QED) is 0.916. The van der Waals surface area contributed by atoms with Crippen LogP contribution >= 0.6 is 0 Å². The number of para-hydroxylation sites is 1. The summed E-state index contributed by atoms with van der Waals surface area (Å²) in [6, 6.07) is 8.05. The van der Waals surface area contributed by atoms with Gasteiger partial charge in [-0.05, 0) is 25.3 Å². The van der Waals surface area contributed by atoms with E-state index in [1.165, 1.54) is 0 Å². The molecule has 2 rings (SSSR count). The number of hydrogen-bond donors (Lipinski definition) is 1. The molecule has 0 saturated heterocycles. The molecule has 4 heteroatoms. The van der Waals surface area contributed by atoms with Gasteiger partial charge in [0.25, 0.3) is 0 Å². The Hall–Kier alpha value is -1.55. The van der Waals surface area contributed by atoms with E-state index in [2.05, 4.69) is 11.0 Å². The average molecular weight is 276 g/mol. The van der Waals surface area contributed by atoms with E-state index in [0.717, 1.165) is 43.6 Å². The lowest BCUT2D eigenvalue weighted by atomic mass is 10.0. The van der Waals surface area contributed by atoms with Crippen LogP contribution < -0.4 is 4.90 Å². The molecule has 110 valence electrons. The van der Waals surface area contributed by atoms with E-state index in [9.17, 15) is 9.90 Å². The highest BCUT2D eigenvalue weighted by Gasteiger charge is 2.20. The Morgan fingerprint density at radius 2 is 2.15 bits per heavy atom. The summed E-state index contributed by atoms with van der Waals surface area (Å²) in [6.45, 7) is 1.81. The maximum atomic E-state index is 11.6. The minimum Gasteiger partial charge on any atom is -0.388 e. The predicted octanol–water partition coefficient (Wildman–Crippen LogP) is 2.19. The lowest BCUT2D eigenvalue weighted by molar-refractivity contribution is -0.128. The van der Waals surface area contributed by atoms with E-state index >= 15 is 0 Å². The van der Waals surface area contributed by atoms with Gasteiger partial charge in [-0.3, -0.25) is 4.79 Å². The van der Waals surface area contributed by atoms with Gasteiger partial charge in [-0.1, -0.05) is 18.2 Å². The number of fused-ring (bicyclic) bond motifs is 1. The van der Waals surface area contributed by atoms with Crippen LogP contribution in [0.25, 0.3) is 0 Å². The Kier molecular flexibility index (Phi) is 5.01. The van der Waals surface area contributed by atoms with Gasteiger partial charge < -0.3 is 14.9 Å². The van der Waals surface area contributed by atoms with Gasteiger partial charge in [-0.2, -0.15) is 0 Å². The van der Waals surface area contributed by atoms with E-state index < -0.39 is 0 Å². The first-order chi connectivity index (χ1) is 9.59. The topological polar surface area (TPSA) is 43.8 Å². The van der Waals surface area contributed by atoms with Crippen LogP contribution in [-0.4, -0.2) is 43.1 Å². The van der Waals surface area contributed by atoms with E-state index in [4.69, 9.17) is 0 Å². The maximum Gasteiger partial charge on any atom is 0.222 e. The molecule has 0 radical (unpaired) electrons. The molecule has 0 bridgehead atoms. The summed E-state index contributed by atoms with van der Waals surface area (Å²) in [5, 5.41) is 10.2. The Labute approximate surface area is 121 Å². The normalized spacial score (nSPS) is 18.4. The number of amides is 1. The third-order valence-corrected chi connectivity index (χ3v) is 3.86. The predicted molar refractivity (Wildman–Crippen MR) is 80.8 cm³/mol. The van der Waals surface area contributed by atoms with E-state index in [1.807, 2.05) is 18.2 Å². The molecule has 0 aromatic heterocycles. The number of anilines is 1. The van der Waals surface area contributed by atoms with Crippen LogP contribution in [-0.2, 0) is 4.79 Å². The second-order valence-electron chi connectivity index (χ2n) is 5.60. The van der Waals surface area contributed by atoms with E-state index in [1.54, 1.807) is 19.0 Å². The van der Waals surface area contributed by atoms with Gasteiger partial charge in [0.2, 0.25) is 5.91 Å². The highest BCUT2D eigenvalue weighted by molar-refractivity contribution is 5.75. The molecule has 0 saturated carbocycles. The lowest BCUT2D eigenvalue weighted by Gasteiger charge is -2.25. The molecule has 0 spiro atoms. The number of carbonyl (C=O) groups excluding carboxylic acids is 1. The molecule has 0 fully saturated rings. The number of aliphatic hydroxyl groups excluding tert-OH is 1. The number of aliphatic hydroxyl groups is 1. The third kappa shape index (κ3) is 3.51. The van der Waals surface area contributed by atoms with Gasteiger partial charge in [-0.15, -0.1) is 0 Å². The van der Waals surface area contributed by atoms with Crippen molar-refractivity contribution in [3.8, 4) is 0 Å². The highest BCUT2D eigenvalue weighted by atomic mass is 16.3. The standard InChI is InChI=1S/C16H24N2O2/c1-17(2)16(20)10-6-12-18-11-5-9-15(19)13-7-3-4-8-14(13)18/h3-4,7-8,15,19H,5-6,9-12H2,1-2H3. The molecule has 0 aliphatic carbocycles. The van der Waals surface area contributed by atoms with Gasteiger partial charge in [0.1, 0.15) is 0 Å². The van der Waals surface area contributed by atoms with Crippen molar-refractivity contribution in [1.29, 1.82) is 0 Å². The number of carbonyl (C=O) groups is 1. The van der Waals surface area contributed by atoms with Crippen molar-refractivity contribution in [2.45, 2.75) is 31.8 Å². The Bertz CT molecular complexity index is 460. The number of rotatable bonds is 4. The fourth-order valence-electron chi connectivity index (χ4n) is 2.69. The van der Waals surface area contributed by atoms with Gasteiger partial charge in [0, 0.05) is 44.9 Å². The van der Waals surface area contributed by atoms with Crippen molar-refractivity contribution in [3.05, 3.63) is 29.8 Å². The SMILES string of the molecule is CN(C)C(=O)CCCN1CCCC(O)c2ccccc21. The second kappa shape index (κ2) is 6.75. The summed E-state index contributed by atoms with van der Waals surface area (Å²) in [7, 11) is 3.58. The molecule has 20 heavy (non-hydrogen) atoms. The molecule has 1 aliphatic rings. The summed E-state index contributed by atoms with van der Waals surface area (Å²) < 4.78 is 0. The molecule has 1 heterocycles. The van der Waals surface area contributed by atoms with Gasteiger partial charge in [-0.25, -0.2) is 0 Å². The fourth-order valence-corrected chi connectivity index (χ4v) is 2.69. The smallest absolute Gasteiger partial charge is 0.222 e. The average Bonchev–Trinajstić information content (AvgIpc) is 2.59. The Balaban J connectivity index is 2.01. The number of benzene rings is 1. The molecule has 4 nitrogen and oxygen atoms in total. The molecule has 1 aliphatic heterocycles. The van der Waals surface area contributed by atoms with Crippen LogP contribution in [0.2, 0.25) is 0 Å². The molecular weight excluding hydrogens is 252 g/mol. The molecular formula is C16H24N2O2. The van der Waals surface area contributed by atoms with Crippen molar-refractivity contribution >= 4 is 11.6 Å². The summed E-state index contributed by atoms with van der Waals surface area (Å²) >= 11 is 0. The molecule has 1 amide bonds. The third-order valence-electron chi connectivity index (χ3n) is 3.86. The first-order valence-corrected chi connectivity index (χ1v) is 7.31. The highest BCUT2D eigenvalue weighted by Crippen LogP contribution is 2.32. The summed E-state index contributed by atoms with van der Waals surface area (Å²) in [5.74, 6) is 0.174. The first-order valence-electron chi connectivity index (χ1n) is 7.31. The van der Waals surface area contributed by atoms with Crippen LogP contribution in [0.4, 0.5) is 5.69 Å². The van der Waals surface area contributed by atoms with Crippen LogP contribution in [0.15, 0.2) is 24.3 Å². The Morgan fingerprint density at radius 1 is 1.40 bits per heavy atom. The molecule has 1 atom stereocenters. The lowest BCUT2D eigenvalue weighted by Crippen LogP contribution is -2.27. The van der Waals surface area contributed by atoms with Crippen molar-refractivity contribution < 1.29 is 9.90 Å². The maximum absolute atomic E-state index is 11.6. The summed E-state index contributed by atoms with van der Waals surface area (Å²) in [5.41, 5.74) is 2.14. The molecule has 1 N–H and O–H groups in total. The van der Waals surface area contributed by atoms with Crippen LogP contribution in [0.5, 0.6) is 0 Å². The van der Waals surface area contributed by atoms with Crippen LogP contribution in [0.1, 0.15) is 37.4 Å². The minimum atomic E-state index is -0.361. The molecule has 1 aromatic rings. The van der Waals surface area contributed by atoms with Crippen molar-refractivity contribution in [2.75, 3.05) is 32.1 Å². The molecule has 1 aromatic carbocycles. The zero-order valence-corrected chi connectivity index (χ0v) is 12.4. The minimum absolute atomic E-state index is 0.174. The monoisotopic (exact) mass is 276 g/mol. The fraction of sp³-hybridized carbons (Fsp3) is 0.562. The summed E-state index contributed by atoms with van der Waals surface area (Å²) in [6.07, 6.45) is 2.86. The van der Waals surface area contributed by atoms with Gasteiger partial charge >= 0.3 is 0 Å². The van der Waals surface area contributed by atoms with E-state index in [0.29, 0.717) is 6.42 Å². The zero-order valence-electron chi connectivity index (χ0n) is 12.4. The zero-order chi connectivity index (χ0) is 14.5. The second-order valence-corrected chi connectivity index (χ2v) is 5.60. The van der Waals surface area contributed by atoms with E-state index in [-0.39, 0.29) is 12.0 Å². The van der Waals surface area contributed by atoms with Crippen molar-refractivity contribution in [3.63, 3.8) is 0 Å². The Morgan fingerprint density at radius 3 is 2.90 bits per heavy atom. The van der Waals surface area contributed by atoms with Gasteiger partial charge in [0.15, 0.2) is 0 Å². The van der Waals surface area contributed by atoms with Crippen molar-refractivity contribution in [2.24, 2.45) is 0 Å². The van der Waals surface area contributed by atoms with Gasteiger partial charge in [0.05, 0.1) is 6.10 Å². The van der Waals surface area contributed by atoms with Crippen LogP contribution in [0, 0.1) is 0 Å². The number of hydrogen-bond acceptors (Lipinski definition) is 3.